The van der Waals surface area contributed by atoms with Crippen LogP contribution in [0.25, 0.3) is 0 Å². The van der Waals surface area contributed by atoms with E-state index in [-0.39, 0.29) is 0 Å². The Labute approximate surface area is 57.2 Å². The van der Waals surface area contributed by atoms with E-state index in [1.165, 1.54) is 0 Å². The van der Waals surface area contributed by atoms with Gasteiger partial charge in [0.15, 0.2) is 0 Å². The first-order valence-electron chi connectivity index (χ1n) is 3.07. The van der Waals surface area contributed by atoms with Crippen molar-refractivity contribution in [1.82, 2.24) is 5.32 Å². The van der Waals surface area contributed by atoms with E-state index in [0.717, 1.165) is 6.54 Å². The Balaban J connectivity index is 1.96. The molecular formula is C5H7NO4. The summed E-state index contributed by atoms with van der Waals surface area (Å²) in [6, 6.07) is 0. The summed E-state index contributed by atoms with van der Waals surface area (Å²) < 4.78 is 14.3. The fourth-order valence-corrected chi connectivity index (χ4v) is 0.964. The summed E-state index contributed by atoms with van der Waals surface area (Å²) >= 11 is 0. The minimum atomic E-state index is -1.09. The second-order valence-corrected chi connectivity index (χ2v) is 2.16. The summed E-state index contributed by atoms with van der Waals surface area (Å²) in [7, 11) is 0. The Bertz CT molecular complexity index is 153. The van der Waals surface area contributed by atoms with Crippen LogP contribution in [0.15, 0.2) is 0 Å². The van der Waals surface area contributed by atoms with Gasteiger partial charge in [-0.1, -0.05) is 0 Å². The van der Waals surface area contributed by atoms with Gasteiger partial charge in [-0.25, -0.2) is 4.79 Å². The van der Waals surface area contributed by atoms with Gasteiger partial charge in [0.05, 0.1) is 6.61 Å². The normalized spacial score (nSPS) is 28.6. The Morgan fingerprint density at radius 3 is 2.80 bits per heavy atom. The molecule has 2 aliphatic rings. The smallest absolute Gasteiger partial charge is 0.364 e. The monoisotopic (exact) mass is 145 g/mol. The zero-order valence-corrected chi connectivity index (χ0v) is 5.25. The summed E-state index contributed by atoms with van der Waals surface area (Å²) in [6.45, 7) is 1.69. The third kappa shape index (κ3) is 0.748. The predicted octanol–water partition coefficient (Wildman–Crippen LogP) is -0.573. The van der Waals surface area contributed by atoms with Crippen LogP contribution in [0.3, 0.4) is 0 Å². The van der Waals surface area contributed by atoms with Gasteiger partial charge in [0.2, 0.25) is 0 Å². The standard InChI is InChI=1S/C5H7NO4/c7-4-9-5(10-4)3-6-1-2-8-5/h6H,1-3H2. The quantitative estimate of drug-likeness (QED) is 0.462. The average Bonchev–Trinajstić information content (AvgIpc) is 1.87. The van der Waals surface area contributed by atoms with E-state index in [4.69, 9.17) is 4.74 Å². The van der Waals surface area contributed by atoms with Crippen molar-refractivity contribution in [1.29, 1.82) is 0 Å². The molecule has 0 aromatic carbocycles. The molecule has 0 atom stereocenters. The average molecular weight is 145 g/mol. The van der Waals surface area contributed by atoms with Crippen LogP contribution in [-0.4, -0.2) is 31.8 Å². The first-order chi connectivity index (χ1) is 4.81. The lowest BCUT2D eigenvalue weighted by Gasteiger charge is -2.40. The molecule has 0 unspecified atom stereocenters. The SMILES string of the molecule is O=C1OC2(CNCCO2)O1. The number of morpholine rings is 1. The number of carbonyl (C=O) groups is 1. The van der Waals surface area contributed by atoms with Gasteiger partial charge < -0.3 is 19.5 Å². The fourth-order valence-electron chi connectivity index (χ4n) is 0.964. The molecule has 0 radical (unpaired) electrons. The number of hydrogen-bond acceptors (Lipinski definition) is 5. The first kappa shape index (κ1) is 5.94. The highest BCUT2D eigenvalue weighted by Gasteiger charge is 2.51. The molecule has 56 valence electrons. The van der Waals surface area contributed by atoms with Crippen molar-refractivity contribution in [3.05, 3.63) is 0 Å². The number of carbonyl (C=O) groups excluding carboxylic acids is 1. The maximum absolute atomic E-state index is 10.2. The molecule has 5 heteroatoms. The van der Waals surface area contributed by atoms with Crippen molar-refractivity contribution in [2.75, 3.05) is 19.7 Å². The van der Waals surface area contributed by atoms with E-state index in [1.807, 2.05) is 0 Å². The molecule has 0 aromatic heterocycles. The van der Waals surface area contributed by atoms with Crippen molar-refractivity contribution in [3.63, 3.8) is 0 Å². The number of ether oxygens (including phenoxy) is 3. The van der Waals surface area contributed by atoms with E-state index in [0.29, 0.717) is 13.2 Å². The maximum Gasteiger partial charge on any atom is 0.518 e. The number of hydrogen-bond donors (Lipinski definition) is 1. The Morgan fingerprint density at radius 2 is 2.30 bits per heavy atom. The fraction of sp³-hybridized carbons (Fsp3) is 0.800. The van der Waals surface area contributed by atoms with Gasteiger partial charge in [-0.2, -0.15) is 0 Å². The molecule has 0 aliphatic carbocycles. The van der Waals surface area contributed by atoms with Gasteiger partial charge in [-0.3, -0.25) is 0 Å². The van der Waals surface area contributed by atoms with Crippen LogP contribution in [0.2, 0.25) is 0 Å². The molecule has 0 aromatic rings. The van der Waals surface area contributed by atoms with Crippen molar-refractivity contribution in [2.24, 2.45) is 0 Å². The van der Waals surface area contributed by atoms with Gasteiger partial charge in [-0.15, -0.1) is 0 Å². The highest BCUT2D eigenvalue weighted by Crippen LogP contribution is 2.26. The van der Waals surface area contributed by atoms with Crippen LogP contribution in [0, 0.1) is 0 Å². The summed E-state index contributed by atoms with van der Waals surface area (Å²) in [5, 5.41) is 2.97. The second kappa shape index (κ2) is 1.83. The van der Waals surface area contributed by atoms with Crippen molar-refractivity contribution in [2.45, 2.75) is 5.97 Å². The van der Waals surface area contributed by atoms with E-state index < -0.39 is 12.1 Å². The summed E-state index contributed by atoms with van der Waals surface area (Å²) in [6.07, 6.45) is -0.663. The molecule has 2 rings (SSSR count). The molecule has 0 bridgehead atoms. The third-order valence-electron chi connectivity index (χ3n) is 1.42. The summed E-state index contributed by atoms with van der Waals surface area (Å²) in [4.78, 5) is 10.2. The number of nitrogens with one attached hydrogen (secondary N) is 1. The topological polar surface area (TPSA) is 56.8 Å². The van der Waals surface area contributed by atoms with Crippen LogP contribution in [0.5, 0.6) is 0 Å². The minimum absolute atomic E-state index is 0.415. The van der Waals surface area contributed by atoms with E-state index in [9.17, 15) is 4.79 Å². The van der Waals surface area contributed by atoms with Crippen molar-refractivity contribution < 1.29 is 19.0 Å². The lowest BCUT2D eigenvalue weighted by molar-refractivity contribution is -0.407. The minimum Gasteiger partial charge on any atom is -0.364 e. The van der Waals surface area contributed by atoms with Gasteiger partial charge in [0.1, 0.15) is 6.54 Å². The molecule has 2 heterocycles. The first-order valence-corrected chi connectivity index (χ1v) is 3.07. The van der Waals surface area contributed by atoms with Gasteiger partial charge in [0.25, 0.3) is 0 Å². The molecule has 1 spiro atoms. The van der Waals surface area contributed by atoms with Crippen LogP contribution < -0.4 is 5.32 Å². The Hall–Kier alpha value is -0.810. The molecule has 0 amide bonds. The Kier molecular flexibility index (Phi) is 1.09. The van der Waals surface area contributed by atoms with Crippen molar-refractivity contribution in [3.8, 4) is 0 Å². The predicted molar refractivity (Wildman–Crippen MR) is 29.1 cm³/mol. The maximum atomic E-state index is 10.2. The highest BCUT2D eigenvalue weighted by molar-refractivity contribution is 5.65. The van der Waals surface area contributed by atoms with Crippen molar-refractivity contribution >= 4 is 6.16 Å². The van der Waals surface area contributed by atoms with Gasteiger partial charge >= 0.3 is 12.1 Å². The molecule has 5 nitrogen and oxygen atoms in total. The molecular weight excluding hydrogens is 138 g/mol. The van der Waals surface area contributed by atoms with Crippen LogP contribution in [-0.2, 0) is 14.2 Å². The van der Waals surface area contributed by atoms with E-state index in [2.05, 4.69) is 14.8 Å². The molecule has 2 fully saturated rings. The largest absolute Gasteiger partial charge is 0.518 e. The second-order valence-electron chi connectivity index (χ2n) is 2.16. The van der Waals surface area contributed by atoms with Gasteiger partial charge in [-0.05, 0) is 0 Å². The lowest BCUT2D eigenvalue weighted by Crippen LogP contribution is -2.61. The van der Waals surface area contributed by atoms with Crippen LogP contribution in [0.1, 0.15) is 0 Å². The highest BCUT2D eigenvalue weighted by atomic mass is 17.0. The Morgan fingerprint density at radius 1 is 1.50 bits per heavy atom. The van der Waals surface area contributed by atoms with Crippen LogP contribution in [0.4, 0.5) is 4.79 Å². The third-order valence-corrected chi connectivity index (χ3v) is 1.42. The molecule has 1 N–H and O–H groups in total. The molecule has 2 saturated heterocycles. The summed E-state index contributed by atoms with van der Waals surface area (Å²) in [5.74, 6) is -1.09. The van der Waals surface area contributed by atoms with Crippen LogP contribution >= 0.6 is 0 Å². The van der Waals surface area contributed by atoms with E-state index in [1.54, 1.807) is 0 Å². The van der Waals surface area contributed by atoms with Gasteiger partial charge in [0, 0.05) is 6.54 Å². The summed E-state index contributed by atoms with van der Waals surface area (Å²) in [5.41, 5.74) is 0. The van der Waals surface area contributed by atoms with E-state index >= 15 is 0 Å². The lowest BCUT2D eigenvalue weighted by atomic mass is 10.4. The number of rotatable bonds is 0. The molecule has 2 aliphatic heterocycles. The zero-order chi connectivity index (χ0) is 7.03. The molecule has 10 heavy (non-hydrogen) atoms. The molecule has 0 saturated carbocycles. The zero-order valence-electron chi connectivity index (χ0n) is 5.25.